The quantitative estimate of drug-likeness (QED) is 0.845. The molecule has 1 aromatic rings. The number of halogens is 1. The van der Waals surface area contributed by atoms with Crippen molar-refractivity contribution in [2.24, 2.45) is 5.92 Å². The van der Waals surface area contributed by atoms with E-state index in [4.69, 9.17) is 16.7 Å². The van der Waals surface area contributed by atoms with E-state index in [0.29, 0.717) is 22.9 Å². The number of hydrogen-bond donors (Lipinski definition) is 2. The fraction of sp³-hybridized carbons (Fsp3) is 0.538. The van der Waals surface area contributed by atoms with Crippen LogP contribution in [0.3, 0.4) is 0 Å². The predicted molar refractivity (Wildman–Crippen MR) is 74.7 cm³/mol. The van der Waals surface area contributed by atoms with Gasteiger partial charge in [0.05, 0.1) is 4.90 Å². The smallest absolute Gasteiger partial charge is 0.241 e. The molecule has 1 aliphatic carbocycles. The molecular formula is C13H18ClNO3S. The Kier molecular flexibility index (Phi) is 4.50. The summed E-state index contributed by atoms with van der Waals surface area (Å²) < 4.78 is 27.4. The fourth-order valence-corrected chi connectivity index (χ4v) is 4.00. The summed E-state index contributed by atoms with van der Waals surface area (Å²) in [5.74, 6) is 0.356. The van der Waals surface area contributed by atoms with Crippen molar-refractivity contribution in [2.45, 2.75) is 37.1 Å². The first-order valence-corrected chi connectivity index (χ1v) is 8.19. The third-order valence-electron chi connectivity index (χ3n) is 3.36. The maximum absolute atomic E-state index is 12.3. The average Bonchev–Trinajstić information content (AvgIpc) is 3.11. The van der Waals surface area contributed by atoms with E-state index in [1.165, 1.54) is 6.07 Å². The van der Waals surface area contributed by atoms with Gasteiger partial charge in [0.15, 0.2) is 0 Å². The molecule has 4 nitrogen and oxygen atoms in total. The predicted octanol–water partition coefficient (Wildman–Crippen LogP) is 2.09. The molecule has 19 heavy (non-hydrogen) atoms. The van der Waals surface area contributed by atoms with Crippen LogP contribution >= 0.6 is 11.6 Å². The molecule has 0 aromatic heterocycles. The Morgan fingerprint density at radius 1 is 1.47 bits per heavy atom. The molecule has 2 rings (SSSR count). The van der Waals surface area contributed by atoms with E-state index < -0.39 is 10.0 Å². The fourth-order valence-electron chi connectivity index (χ4n) is 2.21. The van der Waals surface area contributed by atoms with Crippen LogP contribution in [0.15, 0.2) is 23.1 Å². The van der Waals surface area contributed by atoms with Crippen LogP contribution in [-0.2, 0) is 10.0 Å². The number of aliphatic hydroxyl groups excluding tert-OH is 1. The van der Waals surface area contributed by atoms with Gasteiger partial charge in [0.1, 0.15) is 0 Å². The topological polar surface area (TPSA) is 66.4 Å². The number of sulfonamides is 1. The average molecular weight is 304 g/mol. The highest BCUT2D eigenvalue weighted by atomic mass is 35.5. The van der Waals surface area contributed by atoms with Crippen molar-refractivity contribution < 1.29 is 13.5 Å². The second-order valence-electron chi connectivity index (χ2n) is 4.99. The molecule has 0 spiro atoms. The third-order valence-corrected chi connectivity index (χ3v) is 5.25. The van der Waals surface area contributed by atoms with E-state index in [9.17, 15) is 8.42 Å². The van der Waals surface area contributed by atoms with Crippen LogP contribution < -0.4 is 4.72 Å². The second kappa shape index (κ2) is 5.79. The Morgan fingerprint density at radius 2 is 2.16 bits per heavy atom. The Hall–Kier alpha value is -0.620. The molecule has 1 aliphatic rings. The lowest BCUT2D eigenvalue weighted by atomic mass is 10.1. The van der Waals surface area contributed by atoms with Crippen molar-refractivity contribution >= 4 is 21.6 Å². The minimum Gasteiger partial charge on any atom is -0.396 e. The molecule has 6 heteroatoms. The van der Waals surface area contributed by atoms with Crippen molar-refractivity contribution in [1.82, 2.24) is 4.72 Å². The lowest BCUT2D eigenvalue weighted by molar-refractivity contribution is 0.265. The number of aliphatic hydroxyl groups is 1. The Bertz CT molecular complexity index is 555. The zero-order chi connectivity index (χ0) is 14.0. The zero-order valence-corrected chi connectivity index (χ0v) is 12.3. The molecule has 106 valence electrons. The van der Waals surface area contributed by atoms with Gasteiger partial charge in [-0.3, -0.25) is 0 Å². The van der Waals surface area contributed by atoms with E-state index >= 15 is 0 Å². The van der Waals surface area contributed by atoms with Crippen LogP contribution in [0.2, 0.25) is 5.02 Å². The first kappa shape index (κ1) is 14.8. The van der Waals surface area contributed by atoms with Gasteiger partial charge >= 0.3 is 0 Å². The van der Waals surface area contributed by atoms with Crippen LogP contribution in [0.4, 0.5) is 0 Å². The molecule has 0 radical (unpaired) electrons. The van der Waals surface area contributed by atoms with Crippen molar-refractivity contribution in [3.05, 3.63) is 28.8 Å². The summed E-state index contributed by atoms with van der Waals surface area (Å²) in [7, 11) is -3.55. The van der Waals surface area contributed by atoms with Gasteiger partial charge in [-0.05, 0) is 55.9 Å². The summed E-state index contributed by atoms with van der Waals surface area (Å²) in [6.45, 7) is 1.71. The van der Waals surface area contributed by atoms with Gasteiger partial charge in [-0.15, -0.1) is 0 Å². The van der Waals surface area contributed by atoms with Gasteiger partial charge < -0.3 is 5.11 Å². The Morgan fingerprint density at radius 3 is 2.68 bits per heavy atom. The highest BCUT2D eigenvalue weighted by molar-refractivity contribution is 7.89. The third kappa shape index (κ3) is 3.69. The molecule has 1 fully saturated rings. The highest BCUT2D eigenvalue weighted by Crippen LogP contribution is 2.34. The van der Waals surface area contributed by atoms with Crippen LogP contribution in [0, 0.1) is 12.8 Å². The molecule has 0 heterocycles. The molecule has 0 bridgehead atoms. The minimum absolute atomic E-state index is 0.0106. The summed E-state index contributed by atoms with van der Waals surface area (Å²) in [5.41, 5.74) is 0.624. The molecule has 2 N–H and O–H groups in total. The molecule has 1 aromatic carbocycles. The van der Waals surface area contributed by atoms with Crippen LogP contribution in [0.1, 0.15) is 24.8 Å². The first-order valence-electron chi connectivity index (χ1n) is 6.33. The van der Waals surface area contributed by atoms with E-state index in [1.54, 1.807) is 19.1 Å². The largest absolute Gasteiger partial charge is 0.396 e. The first-order chi connectivity index (χ1) is 8.94. The number of hydrogen-bond acceptors (Lipinski definition) is 3. The van der Waals surface area contributed by atoms with E-state index in [-0.39, 0.29) is 17.5 Å². The van der Waals surface area contributed by atoms with Crippen molar-refractivity contribution in [2.75, 3.05) is 6.61 Å². The number of benzene rings is 1. The molecule has 1 saturated carbocycles. The van der Waals surface area contributed by atoms with Crippen LogP contribution in [0.5, 0.6) is 0 Å². The normalized spacial score (nSPS) is 17.4. The van der Waals surface area contributed by atoms with Gasteiger partial charge in [-0.25, -0.2) is 13.1 Å². The van der Waals surface area contributed by atoms with Gasteiger partial charge in [0.25, 0.3) is 0 Å². The maximum Gasteiger partial charge on any atom is 0.241 e. The van der Waals surface area contributed by atoms with Crippen molar-refractivity contribution in [3.63, 3.8) is 0 Å². The summed E-state index contributed by atoms with van der Waals surface area (Å²) >= 11 is 5.83. The molecule has 0 aliphatic heterocycles. The molecule has 1 atom stereocenters. The second-order valence-corrected chi connectivity index (χ2v) is 7.11. The highest BCUT2D eigenvalue weighted by Gasteiger charge is 2.34. The molecular weight excluding hydrogens is 286 g/mol. The number of aryl methyl sites for hydroxylation is 1. The summed E-state index contributed by atoms with van der Waals surface area (Å²) in [4.78, 5) is 0.250. The van der Waals surface area contributed by atoms with Gasteiger partial charge in [-0.2, -0.15) is 0 Å². The van der Waals surface area contributed by atoms with E-state index in [0.717, 1.165) is 12.8 Å². The zero-order valence-electron chi connectivity index (χ0n) is 10.8. The Labute approximate surface area is 118 Å². The Balaban J connectivity index is 2.21. The monoisotopic (exact) mass is 303 g/mol. The van der Waals surface area contributed by atoms with Gasteiger partial charge in [-0.1, -0.05) is 11.6 Å². The molecule has 0 saturated heterocycles. The molecule has 0 amide bonds. The van der Waals surface area contributed by atoms with Crippen LogP contribution in [-0.4, -0.2) is 26.2 Å². The van der Waals surface area contributed by atoms with E-state index in [2.05, 4.69) is 4.72 Å². The SMILES string of the molecule is Cc1cc(Cl)ccc1S(=O)(=O)NC(CCO)C1CC1. The standard InChI is InChI=1S/C13H18ClNO3S/c1-9-8-11(14)4-5-13(9)19(17,18)15-12(6-7-16)10-2-3-10/h4-5,8,10,12,15-16H,2-3,6-7H2,1H3. The summed E-state index contributed by atoms with van der Waals surface area (Å²) in [5, 5.41) is 9.54. The number of nitrogens with one attached hydrogen (secondary N) is 1. The minimum atomic E-state index is -3.55. The maximum atomic E-state index is 12.3. The van der Waals surface area contributed by atoms with Crippen molar-refractivity contribution in [3.8, 4) is 0 Å². The van der Waals surface area contributed by atoms with Crippen LogP contribution in [0.25, 0.3) is 0 Å². The lowest BCUT2D eigenvalue weighted by Gasteiger charge is -2.18. The number of rotatable bonds is 6. The lowest BCUT2D eigenvalue weighted by Crippen LogP contribution is -2.37. The van der Waals surface area contributed by atoms with E-state index in [1.807, 2.05) is 0 Å². The summed E-state index contributed by atoms with van der Waals surface area (Å²) in [6.07, 6.45) is 2.50. The van der Waals surface area contributed by atoms with Gasteiger partial charge in [0.2, 0.25) is 10.0 Å². The van der Waals surface area contributed by atoms with Crippen molar-refractivity contribution in [1.29, 1.82) is 0 Å². The summed E-state index contributed by atoms with van der Waals surface area (Å²) in [6, 6.07) is 4.54. The van der Waals surface area contributed by atoms with Gasteiger partial charge in [0, 0.05) is 17.7 Å². The molecule has 1 unspecified atom stereocenters.